The van der Waals surface area contributed by atoms with Crippen LogP contribution in [0.25, 0.3) is 5.70 Å². The van der Waals surface area contributed by atoms with Gasteiger partial charge in [-0.3, -0.25) is 4.79 Å². The van der Waals surface area contributed by atoms with Gasteiger partial charge < -0.3 is 10.1 Å². The Balaban J connectivity index is 2.17. The van der Waals surface area contributed by atoms with Gasteiger partial charge in [-0.25, -0.2) is 0 Å². The van der Waals surface area contributed by atoms with Crippen molar-refractivity contribution >= 4 is 23.4 Å². The molecular weight excluding hydrogens is 246 g/mol. The molecule has 0 radical (unpaired) electrons. The van der Waals surface area contributed by atoms with E-state index in [1.165, 1.54) is 0 Å². The Bertz CT molecular complexity index is 465. The molecule has 1 unspecified atom stereocenters. The highest BCUT2D eigenvalue weighted by Gasteiger charge is 2.26. The molecule has 96 valence electrons. The van der Waals surface area contributed by atoms with E-state index in [1.807, 2.05) is 29.7 Å². The van der Waals surface area contributed by atoms with Gasteiger partial charge in [0.1, 0.15) is 5.75 Å². The Morgan fingerprint density at radius 3 is 2.44 bits per heavy atom. The van der Waals surface area contributed by atoms with Gasteiger partial charge in [0, 0.05) is 0 Å². The Morgan fingerprint density at radius 1 is 1.28 bits per heavy atom. The number of carbonyl (C=O) groups is 1. The minimum absolute atomic E-state index is 0.00648. The summed E-state index contributed by atoms with van der Waals surface area (Å²) in [5, 5.41) is 4.99. The number of ether oxygens (including phenoxy) is 1. The lowest BCUT2D eigenvalue weighted by Gasteiger charge is -2.24. The van der Waals surface area contributed by atoms with Crippen LogP contribution in [0.1, 0.15) is 19.4 Å². The topological polar surface area (TPSA) is 38.3 Å². The molecule has 0 saturated carbocycles. The van der Waals surface area contributed by atoms with Gasteiger partial charge in [-0.05, 0) is 41.2 Å². The highest BCUT2D eigenvalue weighted by Crippen LogP contribution is 2.29. The number of hydrogen-bond donors (Lipinski definition) is 1. The second kappa shape index (κ2) is 5.48. The lowest BCUT2D eigenvalue weighted by molar-refractivity contribution is -0.120. The van der Waals surface area contributed by atoms with E-state index in [0.29, 0.717) is 5.92 Å². The molecule has 4 heteroatoms. The standard InChI is InChI=1S/C14H17NO2S/c1-9(2)13-14(16)15-12(8-18-13)10-4-6-11(17-3)7-5-10/h4-9,13H,1-3H3,(H,15,16). The minimum Gasteiger partial charge on any atom is -0.497 e. The summed E-state index contributed by atoms with van der Waals surface area (Å²) in [7, 11) is 1.64. The lowest BCUT2D eigenvalue weighted by Crippen LogP contribution is -2.37. The van der Waals surface area contributed by atoms with Crippen LogP contribution in [0.5, 0.6) is 5.75 Å². The Kier molecular flexibility index (Phi) is 3.97. The maximum atomic E-state index is 11.9. The van der Waals surface area contributed by atoms with E-state index in [-0.39, 0.29) is 11.2 Å². The average Bonchev–Trinajstić information content (AvgIpc) is 2.38. The molecule has 18 heavy (non-hydrogen) atoms. The largest absolute Gasteiger partial charge is 0.497 e. The van der Waals surface area contributed by atoms with Crippen molar-refractivity contribution in [1.82, 2.24) is 5.32 Å². The molecular formula is C14H17NO2S. The van der Waals surface area contributed by atoms with Crippen LogP contribution in [0.2, 0.25) is 0 Å². The fourth-order valence-corrected chi connectivity index (χ4v) is 2.78. The zero-order valence-corrected chi connectivity index (χ0v) is 11.6. The fraction of sp³-hybridized carbons (Fsp3) is 0.357. The Labute approximate surface area is 112 Å². The fourth-order valence-electron chi connectivity index (χ4n) is 1.81. The summed E-state index contributed by atoms with van der Waals surface area (Å²) in [5.41, 5.74) is 1.86. The van der Waals surface area contributed by atoms with Crippen LogP contribution in [0.3, 0.4) is 0 Å². The first-order valence-corrected chi connectivity index (χ1v) is 6.87. The van der Waals surface area contributed by atoms with Crippen molar-refractivity contribution in [3.63, 3.8) is 0 Å². The zero-order chi connectivity index (χ0) is 13.1. The van der Waals surface area contributed by atoms with Crippen molar-refractivity contribution in [2.45, 2.75) is 19.1 Å². The maximum Gasteiger partial charge on any atom is 0.238 e. The normalized spacial score (nSPS) is 19.4. The molecule has 1 aromatic carbocycles. The van der Waals surface area contributed by atoms with E-state index in [0.717, 1.165) is 17.0 Å². The molecule has 0 aliphatic carbocycles. The summed E-state index contributed by atoms with van der Waals surface area (Å²) in [6, 6.07) is 7.67. The SMILES string of the molecule is COc1ccc(C2=CSC(C(C)C)C(=O)N2)cc1. The molecule has 1 N–H and O–H groups in total. The Hall–Kier alpha value is -1.42. The average molecular weight is 263 g/mol. The van der Waals surface area contributed by atoms with Crippen molar-refractivity contribution in [2.24, 2.45) is 5.92 Å². The summed E-state index contributed by atoms with van der Waals surface area (Å²) < 4.78 is 5.11. The first-order valence-electron chi connectivity index (χ1n) is 5.92. The number of nitrogens with one attached hydrogen (secondary N) is 1. The van der Waals surface area contributed by atoms with E-state index in [2.05, 4.69) is 19.2 Å². The number of carbonyl (C=O) groups excluding carboxylic acids is 1. The highest BCUT2D eigenvalue weighted by molar-refractivity contribution is 8.03. The van der Waals surface area contributed by atoms with Gasteiger partial charge in [-0.2, -0.15) is 0 Å². The second-order valence-electron chi connectivity index (χ2n) is 4.55. The third-order valence-corrected chi connectivity index (χ3v) is 4.28. The summed E-state index contributed by atoms with van der Waals surface area (Å²) in [6.07, 6.45) is 0. The smallest absolute Gasteiger partial charge is 0.238 e. The van der Waals surface area contributed by atoms with Gasteiger partial charge in [0.25, 0.3) is 0 Å². The zero-order valence-electron chi connectivity index (χ0n) is 10.8. The van der Waals surface area contributed by atoms with Crippen LogP contribution in [0.4, 0.5) is 0 Å². The van der Waals surface area contributed by atoms with Crippen LogP contribution in [0, 0.1) is 5.92 Å². The van der Waals surface area contributed by atoms with Gasteiger partial charge in [-0.1, -0.05) is 13.8 Å². The second-order valence-corrected chi connectivity index (χ2v) is 5.57. The summed E-state index contributed by atoms with van der Waals surface area (Å²) in [6.45, 7) is 4.12. The monoisotopic (exact) mass is 263 g/mol. The van der Waals surface area contributed by atoms with E-state index in [9.17, 15) is 4.79 Å². The van der Waals surface area contributed by atoms with Crippen LogP contribution >= 0.6 is 11.8 Å². The van der Waals surface area contributed by atoms with Crippen molar-refractivity contribution < 1.29 is 9.53 Å². The van der Waals surface area contributed by atoms with Crippen LogP contribution in [0.15, 0.2) is 29.7 Å². The third-order valence-electron chi connectivity index (χ3n) is 2.86. The van der Waals surface area contributed by atoms with Crippen molar-refractivity contribution in [3.8, 4) is 5.75 Å². The summed E-state index contributed by atoms with van der Waals surface area (Å²) >= 11 is 1.59. The summed E-state index contributed by atoms with van der Waals surface area (Å²) in [4.78, 5) is 11.9. The van der Waals surface area contributed by atoms with Gasteiger partial charge in [0.2, 0.25) is 5.91 Å². The van der Waals surface area contributed by atoms with E-state index in [1.54, 1.807) is 18.9 Å². The lowest BCUT2D eigenvalue weighted by atomic mass is 10.1. The number of hydrogen-bond acceptors (Lipinski definition) is 3. The number of rotatable bonds is 3. The molecule has 1 aliphatic heterocycles. The van der Waals surface area contributed by atoms with Crippen LogP contribution in [-0.4, -0.2) is 18.3 Å². The van der Waals surface area contributed by atoms with Crippen molar-refractivity contribution in [3.05, 3.63) is 35.2 Å². The predicted molar refractivity (Wildman–Crippen MR) is 75.3 cm³/mol. The molecule has 0 aromatic heterocycles. The predicted octanol–water partition coefficient (Wildman–Crippen LogP) is 2.88. The number of methoxy groups -OCH3 is 1. The van der Waals surface area contributed by atoms with Gasteiger partial charge in [0.15, 0.2) is 0 Å². The molecule has 1 atom stereocenters. The number of thioether (sulfide) groups is 1. The minimum atomic E-state index is 0.00648. The van der Waals surface area contributed by atoms with Crippen LogP contribution < -0.4 is 10.1 Å². The van der Waals surface area contributed by atoms with Gasteiger partial charge in [0.05, 0.1) is 18.1 Å². The highest BCUT2D eigenvalue weighted by atomic mass is 32.2. The van der Waals surface area contributed by atoms with Crippen molar-refractivity contribution in [2.75, 3.05) is 7.11 Å². The molecule has 0 fully saturated rings. The number of benzene rings is 1. The summed E-state index contributed by atoms with van der Waals surface area (Å²) in [5.74, 6) is 1.24. The molecule has 1 aliphatic rings. The number of amides is 1. The molecule has 1 amide bonds. The molecule has 0 bridgehead atoms. The first-order chi connectivity index (χ1) is 8.61. The third kappa shape index (κ3) is 2.70. The van der Waals surface area contributed by atoms with Crippen molar-refractivity contribution in [1.29, 1.82) is 0 Å². The van der Waals surface area contributed by atoms with E-state index in [4.69, 9.17) is 4.74 Å². The molecule has 0 saturated heterocycles. The molecule has 0 spiro atoms. The van der Waals surface area contributed by atoms with E-state index >= 15 is 0 Å². The van der Waals surface area contributed by atoms with Crippen LogP contribution in [-0.2, 0) is 4.79 Å². The molecule has 2 rings (SSSR count). The molecule has 1 heterocycles. The Morgan fingerprint density at radius 2 is 1.94 bits per heavy atom. The quantitative estimate of drug-likeness (QED) is 0.911. The molecule has 1 aromatic rings. The first kappa shape index (κ1) is 13.0. The molecule has 3 nitrogen and oxygen atoms in total. The van der Waals surface area contributed by atoms with Gasteiger partial charge >= 0.3 is 0 Å². The van der Waals surface area contributed by atoms with E-state index < -0.39 is 0 Å². The maximum absolute atomic E-state index is 11.9. The van der Waals surface area contributed by atoms with Gasteiger partial charge in [-0.15, -0.1) is 11.8 Å².